The number of nitrogens with one attached hydrogen (secondary N) is 2. The Kier molecular flexibility index (Phi) is 6.09. The summed E-state index contributed by atoms with van der Waals surface area (Å²) in [6.45, 7) is 4.78. The van der Waals surface area contributed by atoms with Gasteiger partial charge in [0, 0.05) is 31.3 Å². The Hall–Kier alpha value is -3.15. The van der Waals surface area contributed by atoms with Crippen LogP contribution in [0.25, 0.3) is 0 Å². The van der Waals surface area contributed by atoms with E-state index in [2.05, 4.69) is 10.6 Å². The van der Waals surface area contributed by atoms with E-state index in [1.807, 2.05) is 11.8 Å². The van der Waals surface area contributed by atoms with Gasteiger partial charge >= 0.3 is 0 Å². The van der Waals surface area contributed by atoms with Crippen molar-refractivity contribution < 1.29 is 14.4 Å². The van der Waals surface area contributed by atoms with E-state index < -0.39 is 0 Å². The fourth-order valence-electron chi connectivity index (χ4n) is 3.33. The lowest BCUT2D eigenvalue weighted by Crippen LogP contribution is -2.36. The minimum Gasteiger partial charge on any atom is -0.339 e. The number of nitrogens with zero attached hydrogens (tertiary/aromatic N) is 1. The maximum atomic E-state index is 12.9. The summed E-state index contributed by atoms with van der Waals surface area (Å²) in [5.74, 6) is -0.581. The zero-order valence-electron chi connectivity index (χ0n) is 16.2. The van der Waals surface area contributed by atoms with E-state index in [1.165, 1.54) is 6.92 Å². The van der Waals surface area contributed by atoms with Crippen LogP contribution in [-0.2, 0) is 4.79 Å². The molecule has 0 aliphatic carbocycles. The number of anilines is 2. The van der Waals surface area contributed by atoms with E-state index in [-0.39, 0.29) is 17.7 Å². The molecule has 0 spiro atoms. The van der Waals surface area contributed by atoms with E-state index in [4.69, 9.17) is 0 Å². The third-order valence-corrected chi connectivity index (χ3v) is 4.86. The molecule has 0 unspecified atom stereocenters. The molecular formula is C22H25N3O3. The fourth-order valence-corrected chi connectivity index (χ4v) is 3.33. The van der Waals surface area contributed by atoms with Gasteiger partial charge in [-0.1, -0.05) is 18.2 Å². The lowest BCUT2D eigenvalue weighted by Gasteiger charge is -2.27. The summed E-state index contributed by atoms with van der Waals surface area (Å²) in [6.07, 6.45) is 3.16. The number of likely N-dealkylation sites (tertiary alicyclic amines) is 1. The van der Waals surface area contributed by atoms with E-state index in [1.54, 1.807) is 42.5 Å². The summed E-state index contributed by atoms with van der Waals surface area (Å²) in [5.41, 5.74) is 2.86. The first-order valence-electron chi connectivity index (χ1n) is 9.53. The summed E-state index contributed by atoms with van der Waals surface area (Å²) in [4.78, 5) is 38.8. The van der Waals surface area contributed by atoms with Crippen molar-refractivity contribution >= 4 is 29.1 Å². The molecule has 0 aromatic heterocycles. The van der Waals surface area contributed by atoms with Crippen LogP contribution in [0, 0.1) is 6.92 Å². The van der Waals surface area contributed by atoms with Crippen molar-refractivity contribution in [1.82, 2.24) is 4.90 Å². The Balaban J connectivity index is 1.81. The van der Waals surface area contributed by atoms with Crippen molar-refractivity contribution in [2.75, 3.05) is 23.7 Å². The maximum Gasteiger partial charge on any atom is 0.255 e. The lowest BCUT2D eigenvalue weighted by atomic mass is 10.1. The average molecular weight is 379 g/mol. The molecule has 2 aromatic carbocycles. The van der Waals surface area contributed by atoms with Crippen molar-refractivity contribution in [3.8, 4) is 0 Å². The van der Waals surface area contributed by atoms with Crippen LogP contribution in [0.5, 0.6) is 0 Å². The van der Waals surface area contributed by atoms with E-state index in [0.717, 1.165) is 37.9 Å². The highest BCUT2D eigenvalue weighted by molar-refractivity contribution is 6.09. The highest BCUT2D eigenvalue weighted by atomic mass is 16.2. The first-order valence-corrected chi connectivity index (χ1v) is 9.53. The third kappa shape index (κ3) is 4.57. The predicted octanol–water partition coefficient (Wildman–Crippen LogP) is 3.83. The van der Waals surface area contributed by atoms with Gasteiger partial charge < -0.3 is 15.5 Å². The molecule has 146 valence electrons. The molecular weight excluding hydrogens is 354 g/mol. The average Bonchev–Trinajstić information content (AvgIpc) is 2.70. The Morgan fingerprint density at radius 2 is 1.61 bits per heavy atom. The van der Waals surface area contributed by atoms with Crippen molar-refractivity contribution in [1.29, 1.82) is 0 Å². The molecule has 0 atom stereocenters. The summed E-state index contributed by atoms with van der Waals surface area (Å²) in [6, 6.07) is 12.2. The Labute approximate surface area is 164 Å². The van der Waals surface area contributed by atoms with Gasteiger partial charge in [0.25, 0.3) is 11.8 Å². The quantitative estimate of drug-likeness (QED) is 0.847. The standard InChI is InChI=1S/C22H25N3O3/c1-15-10-11-17(14-20(15)23-16(2)26)21(27)24-19-9-5-4-8-18(19)22(28)25-12-6-3-7-13-25/h4-5,8-11,14H,3,6-7,12-13H2,1-2H3,(H,23,26)(H,24,27). The Morgan fingerprint density at radius 1 is 0.893 bits per heavy atom. The number of amides is 3. The number of para-hydroxylation sites is 1. The molecule has 28 heavy (non-hydrogen) atoms. The van der Waals surface area contributed by atoms with Gasteiger partial charge in [-0.05, 0) is 56.0 Å². The number of piperidine rings is 1. The monoisotopic (exact) mass is 379 g/mol. The first kappa shape index (κ1) is 19.6. The SMILES string of the molecule is CC(=O)Nc1cc(C(=O)Nc2ccccc2C(=O)N2CCCCC2)ccc1C. The van der Waals surface area contributed by atoms with Crippen LogP contribution in [0.15, 0.2) is 42.5 Å². The minimum absolute atomic E-state index is 0.0570. The molecule has 6 heteroatoms. The normalized spacial score (nSPS) is 13.7. The van der Waals surface area contributed by atoms with Gasteiger partial charge in [0.05, 0.1) is 11.3 Å². The smallest absolute Gasteiger partial charge is 0.255 e. The van der Waals surface area contributed by atoms with Crippen molar-refractivity contribution in [3.63, 3.8) is 0 Å². The molecule has 0 bridgehead atoms. The van der Waals surface area contributed by atoms with E-state index in [0.29, 0.717) is 22.5 Å². The summed E-state index contributed by atoms with van der Waals surface area (Å²) in [5, 5.41) is 5.57. The molecule has 6 nitrogen and oxygen atoms in total. The Bertz CT molecular complexity index is 902. The second-order valence-corrected chi connectivity index (χ2v) is 7.06. The highest BCUT2D eigenvalue weighted by Crippen LogP contribution is 2.22. The van der Waals surface area contributed by atoms with Gasteiger partial charge in [-0.2, -0.15) is 0 Å². The molecule has 2 N–H and O–H groups in total. The summed E-state index contributed by atoms with van der Waals surface area (Å²) < 4.78 is 0. The fraction of sp³-hybridized carbons (Fsp3) is 0.318. The zero-order chi connectivity index (χ0) is 20.1. The van der Waals surface area contributed by atoms with Crippen molar-refractivity contribution in [3.05, 3.63) is 59.2 Å². The van der Waals surface area contributed by atoms with Crippen LogP contribution >= 0.6 is 0 Å². The van der Waals surface area contributed by atoms with E-state index in [9.17, 15) is 14.4 Å². The van der Waals surface area contributed by atoms with Gasteiger partial charge in [-0.3, -0.25) is 14.4 Å². The first-order chi connectivity index (χ1) is 13.5. The van der Waals surface area contributed by atoms with Crippen LogP contribution in [0.3, 0.4) is 0 Å². The number of aryl methyl sites for hydroxylation is 1. The molecule has 3 rings (SSSR count). The molecule has 1 aliphatic rings. The third-order valence-electron chi connectivity index (χ3n) is 4.86. The predicted molar refractivity (Wildman–Crippen MR) is 110 cm³/mol. The zero-order valence-corrected chi connectivity index (χ0v) is 16.2. The summed E-state index contributed by atoms with van der Waals surface area (Å²) in [7, 11) is 0. The van der Waals surface area contributed by atoms with Gasteiger partial charge in [0.1, 0.15) is 0 Å². The molecule has 1 fully saturated rings. The molecule has 1 aliphatic heterocycles. The van der Waals surface area contributed by atoms with Gasteiger partial charge in [0.2, 0.25) is 5.91 Å². The second kappa shape index (κ2) is 8.69. The number of carbonyl (C=O) groups is 3. The number of benzene rings is 2. The molecule has 1 heterocycles. The molecule has 3 amide bonds. The van der Waals surface area contributed by atoms with Gasteiger partial charge in [-0.15, -0.1) is 0 Å². The lowest BCUT2D eigenvalue weighted by molar-refractivity contribution is -0.114. The minimum atomic E-state index is -0.328. The molecule has 2 aromatic rings. The molecule has 1 saturated heterocycles. The maximum absolute atomic E-state index is 12.9. The topological polar surface area (TPSA) is 78.5 Å². The van der Waals surface area contributed by atoms with Crippen LogP contribution in [0.2, 0.25) is 0 Å². The Morgan fingerprint density at radius 3 is 2.32 bits per heavy atom. The number of hydrogen-bond acceptors (Lipinski definition) is 3. The molecule has 0 saturated carbocycles. The van der Waals surface area contributed by atoms with Crippen molar-refractivity contribution in [2.45, 2.75) is 33.1 Å². The molecule has 0 radical (unpaired) electrons. The van der Waals surface area contributed by atoms with Crippen LogP contribution < -0.4 is 10.6 Å². The van der Waals surface area contributed by atoms with Crippen LogP contribution in [-0.4, -0.2) is 35.7 Å². The van der Waals surface area contributed by atoms with Crippen molar-refractivity contribution in [2.24, 2.45) is 0 Å². The number of rotatable bonds is 4. The van der Waals surface area contributed by atoms with Crippen LogP contribution in [0.4, 0.5) is 11.4 Å². The van der Waals surface area contributed by atoms with Gasteiger partial charge in [-0.25, -0.2) is 0 Å². The second-order valence-electron chi connectivity index (χ2n) is 7.06. The summed E-state index contributed by atoms with van der Waals surface area (Å²) >= 11 is 0. The van der Waals surface area contributed by atoms with Gasteiger partial charge in [0.15, 0.2) is 0 Å². The number of carbonyl (C=O) groups excluding carboxylic acids is 3. The largest absolute Gasteiger partial charge is 0.339 e. The number of hydrogen-bond donors (Lipinski definition) is 2. The highest BCUT2D eigenvalue weighted by Gasteiger charge is 2.21. The van der Waals surface area contributed by atoms with E-state index >= 15 is 0 Å². The van der Waals surface area contributed by atoms with Crippen LogP contribution in [0.1, 0.15) is 52.5 Å².